The van der Waals surface area contributed by atoms with E-state index in [1.807, 2.05) is 50.2 Å². The molecule has 0 aliphatic heterocycles. The van der Waals surface area contributed by atoms with Crippen LogP contribution in [0.3, 0.4) is 0 Å². The highest BCUT2D eigenvalue weighted by atomic mass is 79.9. The molecule has 0 spiro atoms. The molecule has 0 radical (unpaired) electrons. The van der Waals surface area contributed by atoms with Crippen molar-refractivity contribution in [2.75, 3.05) is 0 Å². The minimum atomic E-state index is -0.195. The summed E-state index contributed by atoms with van der Waals surface area (Å²) in [5, 5.41) is 4.83. The van der Waals surface area contributed by atoms with Crippen LogP contribution in [0.4, 0.5) is 0 Å². The number of aryl methyl sites for hydroxylation is 1. The fourth-order valence-electron chi connectivity index (χ4n) is 2.42. The molecule has 0 N–H and O–H groups in total. The van der Waals surface area contributed by atoms with Crippen molar-refractivity contribution < 1.29 is 4.74 Å². The second-order valence-corrected chi connectivity index (χ2v) is 6.83. The minimum Gasteiger partial charge on any atom is -0.491 e. The van der Waals surface area contributed by atoms with E-state index in [2.05, 4.69) is 26.0 Å². The minimum absolute atomic E-state index is 0.128. The maximum atomic E-state index is 12.7. The van der Waals surface area contributed by atoms with Crippen molar-refractivity contribution in [2.24, 2.45) is 5.10 Å². The van der Waals surface area contributed by atoms with Gasteiger partial charge in [0.05, 0.1) is 23.2 Å². The molecule has 0 aliphatic rings. The molecular weight excluding hydrogens is 382 g/mol. The fourth-order valence-corrected chi connectivity index (χ4v) is 2.79. The van der Waals surface area contributed by atoms with Gasteiger partial charge in [0, 0.05) is 4.47 Å². The molecule has 0 atom stereocenters. The smallest absolute Gasteiger partial charge is 0.282 e. The molecule has 0 saturated heterocycles. The third-order valence-corrected chi connectivity index (χ3v) is 4.04. The predicted molar refractivity (Wildman–Crippen MR) is 104 cm³/mol. The monoisotopic (exact) mass is 399 g/mol. The average Bonchev–Trinajstić information content (AvgIpc) is 2.56. The summed E-state index contributed by atoms with van der Waals surface area (Å²) >= 11 is 3.38. The molecule has 0 amide bonds. The summed E-state index contributed by atoms with van der Waals surface area (Å²) in [4.78, 5) is 17.1. The quantitative estimate of drug-likeness (QED) is 0.619. The highest BCUT2D eigenvalue weighted by Gasteiger charge is 2.07. The SMILES string of the molecule is Cc1nc2ccc(Br)cc2c(=O)n1N=Cc1ccc(OC(C)C)cc1. The summed E-state index contributed by atoms with van der Waals surface area (Å²) in [5.74, 6) is 1.34. The lowest BCUT2D eigenvalue weighted by Gasteiger charge is -2.09. The number of nitrogens with zero attached hydrogens (tertiary/aromatic N) is 3. The molecule has 1 aromatic heterocycles. The first-order chi connectivity index (χ1) is 11.9. The van der Waals surface area contributed by atoms with Gasteiger partial charge in [-0.05, 0) is 68.8 Å². The molecule has 25 heavy (non-hydrogen) atoms. The number of hydrogen-bond acceptors (Lipinski definition) is 4. The fraction of sp³-hybridized carbons (Fsp3) is 0.211. The second kappa shape index (κ2) is 7.19. The van der Waals surface area contributed by atoms with Gasteiger partial charge < -0.3 is 4.74 Å². The molecule has 0 aliphatic carbocycles. The van der Waals surface area contributed by atoms with Gasteiger partial charge >= 0.3 is 0 Å². The van der Waals surface area contributed by atoms with Crippen LogP contribution in [0.5, 0.6) is 5.75 Å². The van der Waals surface area contributed by atoms with Gasteiger partial charge in [-0.25, -0.2) is 4.98 Å². The zero-order chi connectivity index (χ0) is 18.0. The Morgan fingerprint density at radius 1 is 1.20 bits per heavy atom. The van der Waals surface area contributed by atoms with Crippen molar-refractivity contribution in [3.8, 4) is 5.75 Å². The number of benzene rings is 2. The summed E-state index contributed by atoms with van der Waals surface area (Å²) < 4.78 is 7.76. The molecule has 128 valence electrons. The summed E-state index contributed by atoms with van der Waals surface area (Å²) in [6.45, 7) is 5.73. The van der Waals surface area contributed by atoms with Crippen LogP contribution in [-0.2, 0) is 0 Å². The van der Waals surface area contributed by atoms with Crippen LogP contribution < -0.4 is 10.3 Å². The highest BCUT2D eigenvalue weighted by molar-refractivity contribution is 9.10. The number of hydrogen-bond donors (Lipinski definition) is 0. The van der Waals surface area contributed by atoms with Crippen LogP contribution in [0, 0.1) is 6.92 Å². The normalized spacial score (nSPS) is 11.6. The summed E-state index contributed by atoms with van der Waals surface area (Å²) in [6, 6.07) is 13.0. The molecule has 3 aromatic rings. The number of ether oxygens (including phenoxy) is 1. The lowest BCUT2D eigenvalue weighted by atomic mass is 10.2. The van der Waals surface area contributed by atoms with Gasteiger partial charge in [0.1, 0.15) is 11.6 Å². The van der Waals surface area contributed by atoms with E-state index in [9.17, 15) is 4.79 Å². The van der Waals surface area contributed by atoms with Gasteiger partial charge in [0.2, 0.25) is 0 Å². The van der Waals surface area contributed by atoms with Gasteiger partial charge in [-0.2, -0.15) is 9.78 Å². The van der Waals surface area contributed by atoms with Gasteiger partial charge in [0.15, 0.2) is 0 Å². The summed E-state index contributed by atoms with van der Waals surface area (Å²) in [6.07, 6.45) is 1.77. The van der Waals surface area contributed by atoms with Crippen molar-refractivity contribution in [3.63, 3.8) is 0 Å². The van der Waals surface area contributed by atoms with Crippen LogP contribution in [0.2, 0.25) is 0 Å². The van der Waals surface area contributed by atoms with E-state index in [1.54, 1.807) is 19.2 Å². The molecule has 0 unspecified atom stereocenters. The summed E-state index contributed by atoms with van der Waals surface area (Å²) in [7, 11) is 0. The Kier molecular flexibility index (Phi) is 4.99. The number of rotatable bonds is 4. The Bertz CT molecular complexity index is 992. The van der Waals surface area contributed by atoms with Crippen molar-refractivity contribution in [1.29, 1.82) is 0 Å². The van der Waals surface area contributed by atoms with Gasteiger partial charge in [0.25, 0.3) is 5.56 Å². The molecule has 1 heterocycles. The van der Waals surface area contributed by atoms with Crippen LogP contribution in [0.25, 0.3) is 10.9 Å². The average molecular weight is 400 g/mol. The lowest BCUT2D eigenvalue weighted by Crippen LogP contribution is -2.20. The second-order valence-electron chi connectivity index (χ2n) is 5.92. The Hall–Kier alpha value is -2.47. The van der Waals surface area contributed by atoms with Crippen LogP contribution in [-0.4, -0.2) is 22.0 Å². The first-order valence-electron chi connectivity index (χ1n) is 7.94. The molecule has 0 bridgehead atoms. The number of halogens is 1. The summed E-state index contributed by atoms with van der Waals surface area (Å²) in [5.41, 5.74) is 1.34. The highest BCUT2D eigenvalue weighted by Crippen LogP contribution is 2.16. The first kappa shape index (κ1) is 17.4. The van der Waals surface area contributed by atoms with Crippen LogP contribution in [0.15, 0.2) is 56.8 Å². The first-order valence-corrected chi connectivity index (χ1v) is 8.73. The van der Waals surface area contributed by atoms with Crippen LogP contribution in [0.1, 0.15) is 25.2 Å². The molecule has 5 nitrogen and oxygen atoms in total. The van der Waals surface area contributed by atoms with E-state index in [0.29, 0.717) is 16.7 Å². The third-order valence-electron chi connectivity index (χ3n) is 3.54. The van der Waals surface area contributed by atoms with Crippen LogP contribution >= 0.6 is 15.9 Å². The molecular formula is C19H18BrN3O2. The van der Waals surface area contributed by atoms with Crippen molar-refractivity contribution in [1.82, 2.24) is 9.66 Å². The van der Waals surface area contributed by atoms with Crippen molar-refractivity contribution in [2.45, 2.75) is 26.9 Å². The van der Waals surface area contributed by atoms with Crippen molar-refractivity contribution in [3.05, 3.63) is 68.7 Å². The van der Waals surface area contributed by atoms with E-state index in [0.717, 1.165) is 15.8 Å². The predicted octanol–water partition coefficient (Wildman–Crippen LogP) is 4.14. The maximum Gasteiger partial charge on any atom is 0.282 e. The number of aromatic nitrogens is 2. The molecule has 3 rings (SSSR count). The van der Waals surface area contributed by atoms with E-state index < -0.39 is 0 Å². The molecule has 0 saturated carbocycles. The van der Waals surface area contributed by atoms with Gasteiger partial charge in [-0.15, -0.1) is 0 Å². The lowest BCUT2D eigenvalue weighted by molar-refractivity contribution is 0.242. The zero-order valence-electron chi connectivity index (χ0n) is 14.2. The largest absolute Gasteiger partial charge is 0.491 e. The zero-order valence-corrected chi connectivity index (χ0v) is 15.8. The van der Waals surface area contributed by atoms with Gasteiger partial charge in [-0.3, -0.25) is 4.79 Å². The Balaban J connectivity index is 1.94. The van der Waals surface area contributed by atoms with Gasteiger partial charge in [-0.1, -0.05) is 15.9 Å². The van der Waals surface area contributed by atoms with Crippen molar-refractivity contribution >= 4 is 33.0 Å². The third kappa shape index (κ3) is 3.96. The van der Waals surface area contributed by atoms with E-state index in [1.165, 1.54) is 4.68 Å². The van der Waals surface area contributed by atoms with E-state index in [4.69, 9.17) is 4.74 Å². The standard InChI is InChI=1S/C19H18BrN3O2/c1-12(2)25-16-7-4-14(5-8-16)11-21-23-13(3)22-18-9-6-15(20)10-17(18)19(23)24/h4-12H,1-3H3. The number of fused-ring (bicyclic) bond motifs is 1. The Morgan fingerprint density at radius 2 is 1.92 bits per heavy atom. The molecule has 2 aromatic carbocycles. The molecule has 0 fully saturated rings. The topological polar surface area (TPSA) is 56.5 Å². The maximum absolute atomic E-state index is 12.7. The Labute approximate surface area is 154 Å². The molecule has 6 heteroatoms. The Morgan fingerprint density at radius 3 is 2.60 bits per heavy atom. The van der Waals surface area contributed by atoms with E-state index in [-0.39, 0.29) is 11.7 Å². The van der Waals surface area contributed by atoms with E-state index >= 15 is 0 Å².